The molecule has 0 saturated heterocycles. The first kappa shape index (κ1) is 20.8. The zero-order valence-corrected chi connectivity index (χ0v) is 18.5. The van der Waals surface area contributed by atoms with Crippen molar-refractivity contribution in [3.8, 4) is 22.1 Å². The fraction of sp³-hybridized carbons (Fsp3) is 0.0870. The highest BCUT2D eigenvalue weighted by Gasteiger charge is 2.15. The molecule has 8 heteroatoms. The number of benzene rings is 3. The third kappa shape index (κ3) is 4.65. The van der Waals surface area contributed by atoms with E-state index in [-0.39, 0.29) is 11.0 Å². The second kappa shape index (κ2) is 9.11. The van der Waals surface area contributed by atoms with E-state index in [1.807, 2.05) is 42.5 Å². The molecule has 0 aliphatic carbocycles. The largest absolute Gasteiger partial charge is 0.497 e. The number of hydrogen-bond acceptors (Lipinski definition) is 6. The van der Waals surface area contributed by atoms with E-state index in [1.165, 1.54) is 7.11 Å². The smallest absolute Gasteiger partial charge is 0.261 e. The number of fused-ring (bicyclic) bond motifs is 1. The highest BCUT2D eigenvalue weighted by Crippen LogP contribution is 2.31. The van der Waals surface area contributed by atoms with Crippen molar-refractivity contribution in [2.24, 2.45) is 0 Å². The third-order valence-corrected chi connectivity index (χ3v) is 5.83. The Labute approximate surface area is 188 Å². The summed E-state index contributed by atoms with van der Waals surface area (Å²) in [6, 6.07) is 20.7. The summed E-state index contributed by atoms with van der Waals surface area (Å²) in [5.41, 5.74) is 3.05. The number of nitrogens with one attached hydrogen (secondary N) is 2. The predicted octanol–water partition coefficient (Wildman–Crippen LogP) is 5.11. The molecule has 1 aromatic heterocycles. The van der Waals surface area contributed by atoms with Crippen LogP contribution in [0.15, 0.2) is 66.7 Å². The molecule has 0 radical (unpaired) electrons. The second-order valence-corrected chi connectivity index (χ2v) is 7.98. The normalized spacial score (nSPS) is 10.5. The average molecular weight is 450 g/mol. The number of rotatable bonds is 5. The molecule has 1 heterocycles. The predicted molar refractivity (Wildman–Crippen MR) is 128 cm³/mol. The highest BCUT2D eigenvalue weighted by atomic mass is 32.1. The molecule has 0 aliphatic rings. The molecule has 0 bridgehead atoms. The van der Waals surface area contributed by atoms with E-state index in [2.05, 4.69) is 21.7 Å². The number of carbonyl (C=O) groups is 1. The molecule has 1 amide bonds. The van der Waals surface area contributed by atoms with Gasteiger partial charge in [-0.2, -0.15) is 0 Å². The summed E-state index contributed by atoms with van der Waals surface area (Å²) in [5, 5.41) is 6.85. The summed E-state index contributed by atoms with van der Waals surface area (Å²) < 4.78 is 11.6. The van der Waals surface area contributed by atoms with Gasteiger partial charge in [0.2, 0.25) is 0 Å². The van der Waals surface area contributed by atoms with Crippen LogP contribution in [0.4, 0.5) is 5.69 Å². The lowest BCUT2D eigenvalue weighted by molar-refractivity contribution is 0.0974. The van der Waals surface area contributed by atoms with Crippen molar-refractivity contribution in [2.75, 3.05) is 19.5 Å². The maximum Gasteiger partial charge on any atom is 0.261 e. The van der Waals surface area contributed by atoms with E-state index in [0.29, 0.717) is 17.1 Å². The monoisotopic (exact) mass is 449 g/mol. The van der Waals surface area contributed by atoms with E-state index in [4.69, 9.17) is 21.7 Å². The van der Waals surface area contributed by atoms with Crippen LogP contribution >= 0.6 is 23.6 Å². The van der Waals surface area contributed by atoms with Gasteiger partial charge in [-0.3, -0.25) is 10.1 Å². The molecule has 0 spiro atoms. The van der Waals surface area contributed by atoms with Crippen molar-refractivity contribution < 1.29 is 14.3 Å². The number of para-hydroxylation sites is 1. The molecule has 31 heavy (non-hydrogen) atoms. The summed E-state index contributed by atoms with van der Waals surface area (Å²) >= 11 is 6.96. The van der Waals surface area contributed by atoms with Gasteiger partial charge < -0.3 is 14.8 Å². The summed E-state index contributed by atoms with van der Waals surface area (Å²) in [4.78, 5) is 17.3. The zero-order valence-electron chi connectivity index (χ0n) is 16.8. The van der Waals surface area contributed by atoms with Gasteiger partial charge >= 0.3 is 0 Å². The van der Waals surface area contributed by atoms with Gasteiger partial charge in [0.15, 0.2) is 5.11 Å². The van der Waals surface area contributed by atoms with Gasteiger partial charge in [-0.15, -0.1) is 11.3 Å². The summed E-state index contributed by atoms with van der Waals surface area (Å²) in [6.07, 6.45) is 0. The number of hydrogen-bond donors (Lipinski definition) is 2. The van der Waals surface area contributed by atoms with Crippen LogP contribution in [0.25, 0.3) is 20.8 Å². The Hall–Kier alpha value is -3.49. The van der Waals surface area contributed by atoms with Crippen molar-refractivity contribution in [1.29, 1.82) is 0 Å². The lowest BCUT2D eigenvalue weighted by atomic mass is 10.2. The minimum absolute atomic E-state index is 0.185. The van der Waals surface area contributed by atoms with E-state index in [0.717, 1.165) is 26.5 Å². The van der Waals surface area contributed by atoms with Gasteiger partial charge in [-0.05, 0) is 48.6 Å². The first-order valence-corrected chi connectivity index (χ1v) is 10.6. The number of aromatic nitrogens is 1. The number of amides is 1. The van der Waals surface area contributed by atoms with Crippen LogP contribution < -0.4 is 20.1 Å². The number of ether oxygens (including phenoxy) is 2. The number of thiocarbonyl (C=S) groups is 1. The summed E-state index contributed by atoms with van der Waals surface area (Å²) in [7, 11) is 3.05. The van der Waals surface area contributed by atoms with Gasteiger partial charge in [-0.1, -0.05) is 24.3 Å². The van der Waals surface area contributed by atoms with Gasteiger partial charge in [0, 0.05) is 17.3 Å². The molecule has 156 valence electrons. The molecule has 0 unspecified atom stereocenters. The Kier molecular flexibility index (Phi) is 6.11. The standard InChI is InChI=1S/C23H19N3O3S2/c1-28-16-10-11-17(19(13-16)29-2)21(27)26-23(30)24-15-7-5-6-14(12-15)22-25-18-8-3-4-9-20(18)31-22/h3-13H,1-2H3,(H2,24,26,27,30). The Morgan fingerprint density at radius 3 is 2.61 bits per heavy atom. The zero-order chi connectivity index (χ0) is 21.8. The molecule has 2 N–H and O–H groups in total. The van der Waals surface area contributed by atoms with Crippen LogP contribution in [0.1, 0.15) is 10.4 Å². The fourth-order valence-corrected chi connectivity index (χ4v) is 4.22. The summed E-state index contributed by atoms with van der Waals surface area (Å²) in [6.45, 7) is 0. The maximum atomic E-state index is 12.6. The van der Waals surface area contributed by atoms with Crippen LogP contribution in [0.2, 0.25) is 0 Å². The van der Waals surface area contributed by atoms with Crippen LogP contribution in [-0.2, 0) is 0 Å². The lowest BCUT2D eigenvalue weighted by Gasteiger charge is -2.13. The van der Waals surface area contributed by atoms with E-state index in [1.54, 1.807) is 36.6 Å². The highest BCUT2D eigenvalue weighted by molar-refractivity contribution is 7.80. The molecule has 4 rings (SSSR count). The van der Waals surface area contributed by atoms with Crippen LogP contribution in [0.5, 0.6) is 11.5 Å². The number of methoxy groups -OCH3 is 2. The molecule has 0 fully saturated rings. The minimum Gasteiger partial charge on any atom is -0.497 e. The average Bonchev–Trinajstić information content (AvgIpc) is 3.23. The van der Waals surface area contributed by atoms with Crippen molar-refractivity contribution >= 4 is 50.5 Å². The molecule has 4 aromatic rings. The van der Waals surface area contributed by atoms with Crippen LogP contribution in [-0.4, -0.2) is 30.2 Å². The molecule has 0 atom stereocenters. The number of anilines is 1. The Balaban J connectivity index is 1.48. The Morgan fingerprint density at radius 2 is 1.84 bits per heavy atom. The first-order chi connectivity index (χ1) is 15.1. The van der Waals surface area contributed by atoms with Gasteiger partial charge in [0.1, 0.15) is 16.5 Å². The van der Waals surface area contributed by atoms with E-state index in [9.17, 15) is 4.79 Å². The molecule has 6 nitrogen and oxygen atoms in total. The van der Waals surface area contributed by atoms with Gasteiger partial charge in [-0.25, -0.2) is 4.98 Å². The number of carbonyl (C=O) groups excluding carboxylic acids is 1. The first-order valence-electron chi connectivity index (χ1n) is 9.38. The van der Waals surface area contributed by atoms with E-state index < -0.39 is 0 Å². The quantitative estimate of drug-likeness (QED) is 0.413. The van der Waals surface area contributed by atoms with Crippen molar-refractivity contribution in [2.45, 2.75) is 0 Å². The lowest BCUT2D eigenvalue weighted by Crippen LogP contribution is -2.34. The second-order valence-electron chi connectivity index (χ2n) is 6.54. The fourth-order valence-electron chi connectivity index (χ4n) is 3.04. The van der Waals surface area contributed by atoms with Crippen LogP contribution in [0, 0.1) is 0 Å². The number of nitrogens with zero attached hydrogens (tertiary/aromatic N) is 1. The topological polar surface area (TPSA) is 72.5 Å². The van der Waals surface area contributed by atoms with E-state index >= 15 is 0 Å². The molecular weight excluding hydrogens is 430 g/mol. The summed E-state index contributed by atoms with van der Waals surface area (Å²) in [5.74, 6) is 0.623. The van der Waals surface area contributed by atoms with Gasteiger partial charge in [0.25, 0.3) is 5.91 Å². The molecule has 0 aliphatic heterocycles. The number of thiazole rings is 1. The SMILES string of the molecule is COc1ccc(C(=O)NC(=S)Nc2cccc(-c3nc4ccccc4s3)c2)c(OC)c1. The molecular formula is C23H19N3O3S2. The minimum atomic E-state index is -0.376. The van der Waals surface area contributed by atoms with Crippen LogP contribution in [0.3, 0.4) is 0 Å². The molecule has 3 aromatic carbocycles. The van der Waals surface area contributed by atoms with Crippen molar-refractivity contribution in [3.63, 3.8) is 0 Å². The third-order valence-electron chi connectivity index (χ3n) is 4.54. The molecule has 0 saturated carbocycles. The van der Waals surface area contributed by atoms with Crippen molar-refractivity contribution in [1.82, 2.24) is 10.3 Å². The van der Waals surface area contributed by atoms with Gasteiger partial charge in [0.05, 0.1) is 30.0 Å². The van der Waals surface area contributed by atoms with Crippen molar-refractivity contribution in [3.05, 3.63) is 72.3 Å². The Bertz CT molecular complexity index is 1240. The Morgan fingerprint density at radius 1 is 1.00 bits per heavy atom. The maximum absolute atomic E-state index is 12.6.